The number of fused-ring (bicyclic) bond motifs is 1. The molecule has 0 amide bonds. The molecule has 1 atom stereocenters. The van der Waals surface area contributed by atoms with E-state index >= 15 is 0 Å². The summed E-state index contributed by atoms with van der Waals surface area (Å²) >= 11 is -2.49. The van der Waals surface area contributed by atoms with Gasteiger partial charge in [-0.3, -0.25) is 0 Å². The van der Waals surface area contributed by atoms with Crippen molar-refractivity contribution in [3.63, 3.8) is 0 Å². The van der Waals surface area contributed by atoms with E-state index in [9.17, 15) is 3.83 Å². The summed E-state index contributed by atoms with van der Waals surface area (Å²) in [7, 11) is 6.62. The van der Waals surface area contributed by atoms with Crippen molar-refractivity contribution >= 4 is 33.7 Å². The maximum absolute atomic E-state index is 13.3. The summed E-state index contributed by atoms with van der Waals surface area (Å²) in [5.41, 5.74) is 1.06. The summed E-state index contributed by atoms with van der Waals surface area (Å²) in [6, 6.07) is 11.5. The van der Waals surface area contributed by atoms with E-state index in [-0.39, 0.29) is 0 Å². The molecular formula is C18H19NO4Se. The fourth-order valence-corrected chi connectivity index (χ4v) is 5.49. The van der Waals surface area contributed by atoms with Crippen LogP contribution in [0.3, 0.4) is 0 Å². The number of benzene rings is 2. The molecule has 1 heterocycles. The van der Waals surface area contributed by atoms with Crippen LogP contribution in [0.5, 0.6) is 17.2 Å². The Balaban J connectivity index is 2.16. The number of hydrogen-bond acceptors (Lipinski definition) is 4. The van der Waals surface area contributed by atoms with Crippen molar-refractivity contribution in [1.29, 1.82) is 0 Å². The first kappa shape index (κ1) is 16.6. The van der Waals surface area contributed by atoms with E-state index < -0.39 is 13.8 Å². The van der Waals surface area contributed by atoms with Crippen molar-refractivity contribution in [3.05, 3.63) is 42.6 Å². The number of rotatable bonds is 5. The van der Waals surface area contributed by atoms with Gasteiger partial charge in [-0.15, -0.1) is 0 Å². The van der Waals surface area contributed by atoms with Crippen LogP contribution in [0.2, 0.25) is 0 Å². The van der Waals surface area contributed by atoms with Gasteiger partial charge >= 0.3 is 144 Å². The van der Waals surface area contributed by atoms with E-state index in [1.807, 2.05) is 42.1 Å². The van der Waals surface area contributed by atoms with Crippen LogP contribution in [0.1, 0.15) is 0 Å². The van der Waals surface area contributed by atoms with Gasteiger partial charge in [0.05, 0.1) is 0 Å². The Morgan fingerprint density at radius 1 is 0.958 bits per heavy atom. The molecule has 0 saturated carbocycles. The second-order valence-corrected chi connectivity index (χ2v) is 8.29. The summed E-state index contributed by atoms with van der Waals surface area (Å²) in [5.74, 6) is 1.52. The Bertz CT molecular complexity index is 892. The van der Waals surface area contributed by atoms with E-state index in [4.69, 9.17) is 14.2 Å². The van der Waals surface area contributed by atoms with Crippen LogP contribution in [0.4, 0.5) is 0 Å². The van der Waals surface area contributed by atoms with E-state index in [1.165, 1.54) is 0 Å². The molecule has 0 spiro atoms. The third kappa shape index (κ3) is 2.68. The molecule has 0 bridgehead atoms. The van der Waals surface area contributed by atoms with Gasteiger partial charge in [-0.1, -0.05) is 0 Å². The van der Waals surface area contributed by atoms with Crippen molar-refractivity contribution in [2.75, 3.05) is 21.3 Å². The first-order valence-corrected chi connectivity index (χ1v) is 9.77. The number of methoxy groups -OCH3 is 3. The normalized spacial score (nSPS) is 12.2. The summed E-state index contributed by atoms with van der Waals surface area (Å²) in [6.45, 7) is 0. The number of ether oxygens (including phenoxy) is 3. The zero-order valence-electron chi connectivity index (χ0n) is 14.0. The standard InChI is InChI=1S/C18H19NO4Se/c1-19-11-17(13-7-5-6-8-14(13)19)24(20)12-9-15(21-2)18(23-4)16(10-12)22-3/h5-11H,1-4H3. The Hall–Kier alpha value is -2.30. The van der Waals surface area contributed by atoms with Crippen LogP contribution < -0.4 is 23.1 Å². The molecule has 0 aliphatic heterocycles. The Kier molecular flexibility index (Phi) is 4.60. The first-order chi connectivity index (χ1) is 11.6. The third-order valence-corrected chi connectivity index (χ3v) is 6.83. The molecule has 24 heavy (non-hydrogen) atoms. The number of nitrogens with zero attached hydrogens (tertiary/aromatic N) is 1. The molecule has 0 radical (unpaired) electrons. The number of aryl methyl sites for hydroxylation is 1. The fraction of sp³-hybridized carbons (Fsp3) is 0.222. The van der Waals surface area contributed by atoms with Crippen molar-refractivity contribution < 1.29 is 18.0 Å². The summed E-state index contributed by atoms with van der Waals surface area (Å²) in [4.78, 5) is 0. The minimum atomic E-state index is -2.49. The van der Waals surface area contributed by atoms with Crippen molar-refractivity contribution in [2.45, 2.75) is 0 Å². The maximum atomic E-state index is 13.3. The molecule has 1 aromatic heterocycles. The zero-order chi connectivity index (χ0) is 17.3. The predicted molar refractivity (Wildman–Crippen MR) is 94.7 cm³/mol. The number of aromatic nitrogens is 1. The van der Waals surface area contributed by atoms with Gasteiger partial charge in [0.25, 0.3) is 0 Å². The van der Waals surface area contributed by atoms with Gasteiger partial charge in [0.15, 0.2) is 0 Å². The van der Waals surface area contributed by atoms with Crippen LogP contribution >= 0.6 is 0 Å². The molecule has 3 rings (SSSR count). The molecule has 1 unspecified atom stereocenters. The predicted octanol–water partition coefficient (Wildman–Crippen LogP) is 1.74. The molecule has 0 N–H and O–H groups in total. The van der Waals surface area contributed by atoms with Crippen LogP contribution in [-0.2, 0) is 10.9 Å². The average Bonchev–Trinajstić information content (AvgIpc) is 2.96. The van der Waals surface area contributed by atoms with Crippen LogP contribution in [0, 0.1) is 0 Å². The molecule has 126 valence electrons. The van der Waals surface area contributed by atoms with Gasteiger partial charge in [0.1, 0.15) is 0 Å². The molecule has 6 heteroatoms. The summed E-state index contributed by atoms with van der Waals surface area (Å²) in [5, 5.41) is 1.01. The number of para-hydroxylation sites is 1. The summed E-state index contributed by atoms with van der Waals surface area (Å²) < 4.78 is 32.9. The van der Waals surface area contributed by atoms with E-state index in [0.29, 0.717) is 21.7 Å². The molecule has 5 nitrogen and oxygen atoms in total. The van der Waals surface area contributed by atoms with Crippen molar-refractivity contribution in [2.24, 2.45) is 7.05 Å². The van der Waals surface area contributed by atoms with E-state index in [2.05, 4.69) is 0 Å². The summed E-state index contributed by atoms with van der Waals surface area (Å²) in [6.07, 6.45) is 1.94. The van der Waals surface area contributed by atoms with Gasteiger partial charge in [0, 0.05) is 0 Å². The van der Waals surface area contributed by atoms with Crippen LogP contribution in [-0.4, -0.2) is 39.7 Å². The van der Waals surface area contributed by atoms with Gasteiger partial charge in [-0.2, -0.15) is 0 Å². The van der Waals surface area contributed by atoms with Crippen LogP contribution in [0.25, 0.3) is 10.9 Å². The molecule has 0 aliphatic rings. The molecule has 0 fully saturated rings. The molecule has 3 aromatic rings. The molecule has 2 aromatic carbocycles. The topological polar surface area (TPSA) is 49.7 Å². The number of hydrogen-bond donors (Lipinski definition) is 0. The Morgan fingerprint density at radius 2 is 1.58 bits per heavy atom. The van der Waals surface area contributed by atoms with E-state index in [1.54, 1.807) is 33.5 Å². The van der Waals surface area contributed by atoms with Gasteiger partial charge in [-0.05, 0) is 0 Å². The second-order valence-electron chi connectivity index (χ2n) is 5.25. The quantitative estimate of drug-likeness (QED) is 0.621. The SMILES string of the molecule is COc1cc([Se](=O)c2cn(C)c3ccccc23)cc(OC)c1OC. The van der Waals surface area contributed by atoms with Crippen molar-refractivity contribution in [3.8, 4) is 17.2 Å². The monoisotopic (exact) mass is 393 g/mol. The zero-order valence-corrected chi connectivity index (χ0v) is 15.7. The van der Waals surface area contributed by atoms with Crippen molar-refractivity contribution in [1.82, 2.24) is 4.57 Å². The average molecular weight is 392 g/mol. The van der Waals surface area contributed by atoms with Gasteiger partial charge in [-0.25, -0.2) is 0 Å². The Labute approximate surface area is 144 Å². The van der Waals surface area contributed by atoms with E-state index in [0.717, 1.165) is 15.4 Å². The molecular weight excluding hydrogens is 373 g/mol. The van der Waals surface area contributed by atoms with Crippen LogP contribution in [0.15, 0.2) is 42.6 Å². The first-order valence-electron chi connectivity index (χ1n) is 7.36. The Morgan fingerprint density at radius 3 is 2.17 bits per heavy atom. The molecule has 0 aliphatic carbocycles. The fourth-order valence-electron chi connectivity index (χ4n) is 2.74. The second kappa shape index (κ2) is 6.67. The minimum absolute atomic E-state index is 0.500. The van der Waals surface area contributed by atoms with Gasteiger partial charge < -0.3 is 0 Å². The molecule has 0 saturated heterocycles. The van der Waals surface area contributed by atoms with Gasteiger partial charge in [0.2, 0.25) is 0 Å². The third-order valence-electron chi connectivity index (χ3n) is 3.91.